The van der Waals surface area contributed by atoms with Gasteiger partial charge >= 0.3 is 6.18 Å². The first kappa shape index (κ1) is 15.2. The van der Waals surface area contributed by atoms with Gasteiger partial charge < -0.3 is 10.0 Å². The number of carbonyl (C=O) groups excluding carboxylic acids is 1. The number of halogens is 3. The van der Waals surface area contributed by atoms with E-state index in [-0.39, 0.29) is 5.69 Å². The third-order valence-corrected chi connectivity index (χ3v) is 3.05. The summed E-state index contributed by atoms with van der Waals surface area (Å²) in [5.41, 5.74) is 0.0602. The van der Waals surface area contributed by atoms with Crippen LogP contribution in [0, 0.1) is 0 Å². The van der Waals surface area contributed by atoms with Crippen LogP contribution in [0.15, 0.2) is 36.5 Å². The molecule has 7 heteroatoms. The van der Waals surface area contributed by atoms with Crippen molar-refractivity contribution in [2.75, 3.05) is 13.6 Å². The molecular weight excluding hydrogens is 285 g/mol. The number of amides is 1. The van der Waals surface area contributed by atoms with Gasteiger partial charge in [0, 0.05) is 18.6 Å². The van der Waals surface area contributed by atoms with Crippen LogP contribution in [0.2, 0.25) is 0 Å². The molecule has 0 aliphatic heterocycles. The highest BCUT2D eigenvalue weighted by molar-refractivity contribution is 6.05. The Morgan fingerprint density at radius 2 is 2.00 bits per heavy atom. The van der Waals surface area contributed by atoms with Crippen LogP contribution >= 0.6 is 0 Å². The molecule has 1 aromatic heterocycles. The van der Waals surface area contributed by atoms with E-state index in [0.717, 1.165) is 10.3 Å². The molecule has 0 bridgehead atoms. The monoisotopic (exact) mass is 298 g/mol. The van der Waals surface area contributed by atoms with Crippen LogP contribution in [0.1, 0.15) is 10.5 Å². The minimum atomic E-state index is -4.76. The predicted molar refractivity (Wildman–Crippen MR) is 70.8 cm³/mol. The van der Waals surface area contributed by atoms with Gasteiger partial charge in [-0.15, -0.1) is 0 Å². The van der Waals surface area contributed by atoms with Crippen LogP contribution in [0.5, 0.6) is 0 Å². The molecule has 0 aliphatic carbocycles. The molecule has 1 amide bonds. The molecule has 1 N–H and O–H groups in total. The predicted octanol–water partition coefficient (Wildman–Crippen LogP) is 2.23. The lowest BCUT2D eigenvalue weighted by atomic mass is 10.1. The second-order valence-electron chi connectivity index (χ2n) is 4.62. The number of likely N-dealkylation sites (N-methyl/N-ethyl adjacent to an activating group) is 1. The van der Waals surface area contributed by atoms with Crippen molar-refractivity contribution >= 4 is 16.7 Å². The number of fused-ring (bicyclic) bond motifs is 1. The number of alkyl halides is 3. The summed E-state index contributed by atoms with van der Waals surface area (Å²) in [5.74, 6) is -0.671. The van der Waals surface area contributed by atoms with Gasteiger partial charge in [-0.3, -0.25) is 9.78 Å². The van der Waals surface area contributed by atoms with Crippen LogP contribution in [0.25, 0.3) is 10.8 Å². The van der Waals surface area contributed by atoms with Gasteiger partial charge in [0.1, 0.15) is 5.69 Å². The van der Waals surface area contributed by atoms with Crippen LogP contribution in [0.4, 0.5) is 13.2 Å². The van der Waals surface area contributed by atoms with Crippen molar-refractivity contribution in [1.82, 2.24) is 9.88 Å². The van der Waals surface area contributed by atoms with Gasteiger partial charge in [0.15, 0.2) is 6.10 Å². The van der Waals surface area contributed by atoms with E-state index in [1.807, 2.05) is 0 Å². The number of nitrogens with zero attached hydrogens (tertiary/aromatic N) is 2. The molecule has 0 fully saturated rings. The smallest absolute Gasteiger partial charge is 0.382 e. The number of aliphatic hydroxyl groups is 1. The molecule has 0 aliphatic rings. The molecule has 0 radical (unpaired) electrons. The van der Waals surface area contributed by atoms with Crippen molar-refractivity contribution in [2.24, 2.45) is 0 Å². The zero-order valence-corrected chi connectivity index (χ0v) is 11.1. The molecular formula is C14H13F3N2O2. The summed E-state index contributed by atoms with van der Waals surface area (Å²) >= 11 is 0. The Morgan fingerprint density at radius 3 is 2.67 bits per heavy atom. The summed E-state index contributed by atoms with van der Waals surface area (Å²) in [6, 6.07) is 8.65. The molecule has 112 valence electrons. The maximum atomic E-state index is 12.3. The maximum absolute atomic E-state index is 12.3. The summed E-state index contributed by atoms with van der Waals surface area (Å²) in [6.45, 7) is -0.840. The van der Waals surface area contributed by atoms with Crippen molar-refractivity contribution in [1.29, 1.82) is 0 Å². The molecule has 0 spiro atoms. The van der Waals surface area contributed by atoms with Crippen molar-refractivity contribution < 1.29 is 23.1 Å². The van der Waals surface area contributed by atoms with Gasteiger partial charge in [-0.2, -0.15) is 13.2 Å². The molecule has 1 aromatic carbocycles. The Labute approximate surface area is 118 Å². The number of rotatable bonds is 3. The zero-order chi connectivity index (χ0) is 15.6. The fourth-order valence-corrected chi connectivity index (χ4v) is 1.92. The fourth-order valence-electron chi connectivity index (χ4n) is 1.92. The first-order chi connectivity index (χ1) is 9.80. The Bertz CT molecular complexity index is 653. The van der Waals surface area contributed by atoms with E-state index in [0.29, 0.717) is 5.39 Å². The van der Waals surface area contributed by atoms with Crippen LogP contribution in [-0.2, 0) is 0 Å². The lowest BCUT2D eigenvalue weighted by Gasteiger charge is -2.22. The number of pyridine rings is 1. The highest BCUT2D eigenvalue weighted by Crippen LogP contribution is 2.22. The summed E-state index contributed by atoms with van der Waals surface area (Å²) in [6.07, 6.45) is -5.92. The second kappa shape index (κ2) is 5.69. The molecule has 0 saturated heterocycles. The van der Waals surface area contributed by atoms with Gasteiger partial charge in [0.05, 0.1) is 6.54 Å². The highest BCUT2D eigenvalue weighted by Gasteiger charge is 2.39. The Kier molecular flexibility index (Phi) is 4.13. The largest absolute Gasteiger partial charge is 0.416 e. The third kappa shape index (κ3) is 3.30. The van der Waals surface area contributed by atoms with Gasteiger partial charge in [0.2, 0.25) is 0 Å². The minimum Gasteiger partial charge on any atom is -0.382 e. The van der Waals surface area contributed by atoms with Gasteiger partial charge in [-0.05, 0) is 11.5 Å². The highest BCUT2D eigenvalue weighted by atomic mass is 19.4. The van der Waals surface area contributed by atoms with E-state index in [9.17, 15) is 18.0 Å². The van der Waals surface area contributed by atoms with E-state index < -0.39 is 24.7 Å². The third-order valence-electron chi connectivity index (χ3n) is 3.05. The standard InChI is InChI=1S/C14H13F3N2O2/c1-19(8-11(20)14(15,16)17)13(21)12-10-5-3-2-4-9(10)6-7-18-12/h2-7,11,20H,8H2,1H3. The van der Waals surface area contributed by atoms with Crippen LogP contribution in [0.3, 0.4) is 0 Å². The number of carbonyl (C=O) groups is 1. The first-order valence-electron chi connectivity index (χ1n) is 6.14. The van der Waals surface area contributed by atoms with E-state index >= 15 is 0 Å². The Hall–Kier alpha value is -2.15. The lowest BCUT2D eigenvalue weighted by molar-refractivity contribution is -0.205. The average Bonchev–Trinajstić information content (AvgIpc) is 2.44. The topological polar surface area (TPSA) is 53.4 Å². The molecule has 21 heavy (non-hydrogen) atoms. The Morgan fingerprint density at radius 1 is 1.33 bits per heavy atom. The van der Waals surface area contributed by atoms with Gasteiger partial charge in [-0.1, -0.05) is 24.3 Å². The number of benzene rings is 1. The lowest BCUT2D eigenvalue weighted by Crippen LogP contribution is -2.42. The van der Waals surface area contributed by atoms with Crippen molar-refractivity contribution in [3.63, 3.8) is 0 Å². The van der Waals surface area contributed by atoms with E-state index in [1.165, 1.54) is 13.2 Å². The molecule has 1 atom stereocenters. The Balaban J connectivity index is 2.26. The van der Waals surface area contributed by atoms with E-state index in [1.54, 1.807) is 30.3 Å². The first-order valence-corrected chi connectivity index (χ1v) is 6.14. The number of hydrogen-bond acceptors (Lipinski definition) is 3. The van der Waals surface area contributed by atoms with E-state index in [4.69, 9.17) is 5.11 Å². The summed E-state index contributed by atoms with van der Waals surface area (Å²) in [7, 11) is 1.20. The molecule has 2 aromatic rings. The van der Waals surface area contributed by atoms with Crippen molar-refractivity contribution in [2.45, 2.75) is 12.3 Å². The minimum absolute atomic E-state index is 0.0602. The average molecular weight is 298 g/mol. The van der Waals surface area contributed by atoms with Crippen molar-refractivity contribution in [3.8, 4) is 0 Å². The SMILES string of the molecule is CN(CC(O)C(F)(F)F)C(=O)c1nccc2ccccc12. The zero-order valence-electron chi connectivity index (χ0n) is 11.1. The van der Waals surface area contributed by atoms with Crippen molar-refractivity contribution in [3.05, 3.63) is 42.2 Å². The van der Waals surface area contributed by atoms with Gasteiger partial charge in [0.25, 0.3) is 5.91 Å². The second-order valence-corrected chi connectivity index (χ2v) is 4.62. The maximum Gasteiger partial charge on any atom is 0.416 e. The number of aromatic nitrogens is 1. The normalized spacial score (nSPS) is 13.2. The molecule has 2 rings (SSSR count). The number of aliphatic hydroxyl groups excluding tert-OH is 1. The molecule has 4 nitrogen and oxygen atoms in total. The van der Waals surface area contributed by atoms with E-state index in [2.05, 4.69) is 4.98 Å². The van der Waals surface area contributed by atoms with Crippen LogP contribution < -0.4 is 0 Å². The summed E-state index contributed by atoms with van der Waals surface area (Å²) < 4.78 is 37.0. The summed E-state index contributed by atoms with van der Waals surface area (Å²) in [5, 5.41) is 10.3. The molecule has 1 unspecified atom stereocenters. The quantitative estimate of drug-likeness (QED) is 0.945. The fraction of sp³-hybridized carbons (Fsp3) is 0.286. The molecule has 0 saturated carbocycles. The van der Waals surface area contributed by atoms with Gasteiger partial charge in [-0.25, -0.2) is 0 Å². The van der Waals surface area contributed by atoms with Crippen LogP contribution in [-0.4, -0.2) is 46.8 Å². The number of hydrogen-bond donors (Lipinski definition) is 1. The molecule has 1 heterocycles. The summed E-state index contributed by atoms with van der Waals surface area (Å²) in [4.78, 5) is 17.0.